The Morgan fingerprint density at radius 1 is 0.407 bits per heavy atom. The molecular weight excluding hydrogens is 1080 g/mol. The molecule has 8 nitrogen and oxygen atoms in total. The van der Waals surface area contributed by atoms with Crippen molar-refractivity contribution in [2.75, 3.05) is 40.9 Å². The quantitative estimate of drug-likeness (QED) is 0.0243. The highest BCUT2D eigenvalue weighted by atomic mass is 31.2. The summed E-state index contributed by atoms with van der Waals surface area (Å²) in [5.41, 5.74) is 0. The molecule has 86 heavy (non-hydrogen) atoms. The maximum absolute atomic E-state index is 13.1. The van der Waals surface area contributed by atoms with Gasteiger partial charge in [-0.15, -0.1) is 0 Å². The number of aliphatic hydroxyl groups is 1. The second-order valence-electron chi connectivity index (χ2n) is 26.7. The van der Waals surface area contributed by atoms with Crippen LogP contribution in [0.2, 0.25) is 0 Å². The summed E-state index contributed by atoms with van der Waals surface area (Å²) in [6, 6.07) is -0.766. The molecule has 0 bridgehead atoms. The molecule has 0 aromatic rings. The Hall–Kier alpha value is -2.06. The molecular formula is C77H146N2O6P+. The number of unbranched alkanes of at least 4 members (excludes halogenated alkanes) is 44. The van der Waals surface area contributed by atoms with E-state index in [2.05, 4.69) is 92.1 Å². The zero-order valence-electron chi connectivity index (χ0n) is 57.8. The minimum atomic E-state index is -4.34. The first-order valence-electron chi connectivity index (χ1n) is 37.3. The van der Waals surface area contributed by atoms with Crippen molar-refractivity contribution < 1.29 is 32.9 Å². The van der Waals surface area contributed by atoms with Gasteiger partial charge in [0.2, 0.25) is 5.91 Å². The van der Waals surface area contributed by atoms with E-state index < -0.39 is 20.0 Å². The maximum atomic E-state index is 13.1. The van der Waals surface area contributed by atoms with Crippen molar-refractivity contribution >= 4 is 13.7 Å². The van der Waals surface area contributed by atoms with E-state index in [1.807, 2.05) is 21.1 Å². The van der Waals surface area contributed by atoms with E-state index in [1.54, 1.807) is 0 Å². The van der Waals surface area contributed by atoms with E-state index in [9.17, 15) is 19.4 Å². The van der Waals surface area contributed by atoms with Crippen LogP contribution in [0, 0.1) is 0 Å². The lowest BCUT2D eigenvalue weighted by atomic mass is 10.0. The molecule has 3 atom stereocenters. The molecule has 0 aromatic carbocycles. The van der Waals surface area contributed by atoms with Crippen LogP contribution in [0.25, 0.3) is 0 Å². The summed E-state index contributed by atoms with van der Waals surface area (Å²) in [4.78, 5) is 23.5. The Morgan fingerprint density at radius 3 is 1.02 bits per heavy atom. The van der Waals surface area contributed by atoms with E-state index in [-0.39, 0.29) is 19.1 Å². The van der Waals surface area contributed by atoms with Gasteiger partial charge in [-0.3, -0.25) is 13.8 Å². The molecule has 0 heterocycles. The van der Waals surface area contributed by atoms with Gasteiger partial charge in [-0.2, -0.15) is 0 Å². The van der Waals surface area contributed by atoms with Crippen molar-refractivity contribution in [3.63, 3.8) is 0 Å². The molecule has 3 N–H and O–H groups in total. The second-order valence-corrected chi connectivity index (χ2v) is 28.1. The first-order valence-corrected chi connectivity index (χ1v) is 38.8. The summed E-state index contributed by atoms with van der Waals surface area (Å²) in [5.74, 6) is -0.142. The Kier molecular flexibility index (Phi) is 65.7. The van der Waals surface area contributed by atoms with Gasteiger partial charge in [0, 0.05) is 6.42 Å². The van der Waals surface area contributed by atoms with Crippen molar-refractivity contribution in [3.8, 4) is 0 Å². The molecule has 0 aliphatic heterocycles. The number of phosphoric acid groups is 1. The number of nitrogens with zero attached hydrogens (tertiary/aromatic N) is 1. The molecule has 0 saturated heterocycles. The fourth-order valence-electron chi connectivity index (χ4n) is 11.2. The lowest BCUT2D eigenvalue weighted by Gasteiger charge is -2.26. The molecule has 0 aliphatic carbocycles. The first-order chi connectivity index (χ1) is 42.0. The third-order valence-electron chi connectivity index (χ3n) is 17.0. The standard InChI is InChI=1S/C77H145N2O6P/c1-6-8-10-12-14-16-18-20-22-24-26-28-30-32-34-36-38-39-41-43-45-47-49-51-53-55-57-59-61-63-65-67-69-71-77(81)78-75(74-85-86(82,83)84-73-72-79(3,4)5)76(80)70-68-66-64-62-60-58-56-54-52-50-48-46-44-42-40-37-35-33-31-29-27-25-23-21-19-17-15-13-11-9-7-2/h8,10,14,16,20,22,26,28,32,34,38-39,75-76,80H,6-7,9,11-13,15,17-19,21,23-25,27,29-31,33,35-37,40-74H2,1-5H3,(H-,78,81,82,83)/p+1/b10-8-,16-14-,22-20-,28-26-,34-32-,39-38-. The molecule has 0 fully saturated rings. The Labute approximate surface area is 535 Å². The first kappa shape index (κ1) is 83.9. The zero-order valence-corrected chi connectivity index (χ0v) is 58.7. The number of rotatable bonds is 69. The van der Waals surface area contributed by atoms with Crippen LogP contribution in [-0.2, 0) is 18.4 Å². The fourth-order valence-corrected chi connectivity index (χ4v) is 12.0. The number of carbonyl (C=O) groups is 1. The Balaban J connectivity index is 4.00. The molecule has 504 valence electrons. The number of likely N-dealkylation sites (N-methyl/N-ethyl adjacent to an activating group) is 1. The fraction of sp³-hybridized carbons (Fsp3) is 0.831. The van der Waals surface area contributed by atoms with Crippen molar-refractivity contribution in [2.24, 2.45) is 0 Å². The highest BCUT2D eigenvalue weighted by molar-refractivity contribution is 7.47. The van der Waals surface area contributed by atoms with Crippen molar-refractivity contribution in [2.45, 2.75) is 373 Å². The van der Waals surface area contributed by atoms with Crippen molar-refractivity contribution in [1.29, 1.82) is 0 Å². The molecule has 0 radical (unpaired) electrons. The number of hydrogen-bond acceptors (Lipinski definition) is 5. The molecule has 3 unspecified atom stereocenters. The van der Waals surface area contributed by atoms with Crippen LogP contribution in [0.3, 0.4) is 0 Å². The van der Waals surface area contributed by atoms with Crippen LogP contribution in [0.15, 0.2) is 72.9 Å². The number of hydrogen-bond donors (Lipinski definition) is 3. The van der Waals surface area contributed by atoms with Gasteiger partial charge < -0.3 is 19.8 Å². The third kappa shape index (κ3) is 69.4. The van der Waals surface area contributed by atoms with Gasteiger partial charge in [-0.1, -0.05) is 363 Å². The van der Waals surface area contributed by atoms with Gasteiger partial charge in [-0.25, -0.2) is 4.57 Å². The Bertz CT molecular complexity index is 1630. The highest BCUT2D eigenvalue weighted by Crippen LogP contribution is 2.43. The predicted octanol–water partition coefficient (Wildman–Crippen LogP) is 24.1. The molecule has 0 saturated carbocycles. The lowest BCUT2D eigenvalue weighted by molar-refractivity contribution is -0.870. The van der Waals surface area contributed by atoms with E-state index in [4.69, 9.17) is 9.05 Å². The van der Waals surface area contributed by atoms with Gasteiger partial charge in [0.1, 0.15) is 13.2 Å². The van der Waals surface area contributed by atoms with Crippen molar-refractivity contribution in [1.82, 2.24) is 5.32 Å². The number of allylic oxidation sites excluding steroid dienone is 12. The number of nitrogens with one attached hydrogen (secondary N) is 1. The minimum absolute atomic E-state index is 0.0737. The summed E-state index contributed by atoms with van der Waals surface area (Å²) >= 11 is 0. The normalized spacial score (nSPS) is 14.0. The molecule has 9 heteroatoms. The summed E-state index contributed by atoms with van der Waals surface area (Å²) in [7, 11) is 1.62. The molecule has 0 rings (SSSR count). The van der Waals surface area contributed by atoms with Gasteiger partial charge >= 0.3 is 7.82 Å². The lowest BCUT2D eigenvalue weighted by Crippen LogP contribution is -2.46. The third-order valence-corrected chi connectivity index (χ3v) is 18.0. The van der Waals surface area contributed by atoms with Crippen LogP contribution >= 0.6 is 7.82 Å². The monoisotopic (exact) mass is 1230 g/mol. The number of quaternary nitrogens is 1. The maximum Gasteiger partial charge on any atom is 0.472 e. The van der Waals surface area contributed by atoms with Crippen LogP contribution in [0.4, 0.5) is 0 Å². The van der Waals surface area contributed by atoms with E-state index in [0.29, 0.717) is 23.9 Å². The SMILES string of the molecule is CC/C=C\C/C=C\C/C=C\C/C=C\C/C=C\C/C=C\CCCCCCCCCCCCCCCCC(=O)NC(COP(=O)(O)OCC[N+](C)(C)C)C(O)CCCCCCCCCCCCCCCCCCCCCCCCCCCCCCCCC. The second kappa shape index (κ2) is 67.3. The number of phosphoric ester groups is 1. The number of carbonyl (C=O) groups excluding carboxylic acids is 1. The average Bonchev–Trinajstić information content (AvgIpc) is 3.70. The van der Waals surface area contributed by atoms with Crippen LogP contribution in [0.1, 0.15) is 361 Å². The van der Waals surface area contributed by atoms with Gasteiger partial charge in [0.15, 0.2) is 0 Å². The molecule has 1 amide bonds. The van der Waals surface area contributed by atoms with Crippen molar-refractivity contribution in [3.05, 3.63) is 72.9 Å². The Morgan fingerprint density at radius 2 is 0.698 bits per heavy atom. The molecule has 0 aliphatic rings. The summed E-state index contributed by atoms with van der Waals surface area (Å²) < 4.78 is 23.9. The van der Waals surface area contributed by atoms with Crippen LogP contribution < -0.4 is 5.32 Å². The van der Waals surface area contributed by atoms with Gasteiger partial charge in [0.05, 0.1) is 39.9 Å². The van der Waals surface area contributed by atoms with E-state index in [1.165, 1.54) is 257 Å². The largest absolute Gasteiger partial charge is 0.472 e. The van der Waals surface area contributed by atoms with Crippen LogP contribution in [0.5, 0.6) is 0 Å². The topological polar surface area (TPSA) is 105 Å². The summed E-state index contributed by atoms with van der Waals surface area (Å²) in [6.07, 6.45) is 94.5. The van der Waals surface area contributed by atoms with Crippen LogP contribution in [-0.4, -0.2) is 73.4 Å². The van der Waals surface area contributed by atoms with E-state index in [0.717, 1.165) is 77.0 Å². The minimum Gasteiger partial charge on any atom is -0.391 e. The molecule has 0 spiro atoms. The predicted molar refractivity (Wildman–Crippen MR) is 378 cm³/mol. The van der Waals surface area contributed by atoms with Gasteiger partial charge in [-0.05, 0) is 64.2 Å². The highest BCUT2D eigenvalue weighted by Gasteiger charge is 2.28. The zero-order chi connectivity index (χ0) is 62.6. The summed E-state index contributed by atoms with van der Waals surface area (Å²) in [6.45, 7) is 4.82. The number of amides is 1. The smallest absolute Gasteiger partial charge is 0.391 e. The molecule has 0 aromatic heterocycles. The number of aliphatic hydroxyl groups excluding tert-OH is 1. The van der Waals surface area contributed by atoms with E-state index >= 15 is 0 Å². The van der Waals surface area contributed by atoms with Gasteiger partial charge in [0.25, 0.3) is 0 Å². The average molecular weight is 1230 g/mol. The summed E-state index contributed by atoms with van der Waals surface area (Å²) in [5, 5.41) is 14.2.